The molecule has 0 aliphatic heterocycles. The summed E-state index contributed by atoms with van der Waals surface area (Å²) >= 11 is 5.81. The van der Waals surface area contributed by atoms with Gasteiger partial charge in [-0.05, 0) is 29.8 Å². The molecule has 0 spiro atoms. The van der Waals surface area contributed by atoms with Crippen molar-refractivity contribution in [2.75, 3.05) is 0 Å². The Balaban J connectivity index is 2.16. The number of rotatable bonds is 5. The van der Waals surface area contributed by atoms with E-state index in [4.69, 9.17) is 16.3 Å². The van der Waals surface area contributed by atoms with Gasteiger partial charge in [-0.2, -0.15) is 0 Å². The van der Waals surface area contributed by atoms with Crippen molar-refractivity contribution in [2.45, 2.75) is 12.5 Å². The minimum Gasteiger partial charge on any atom is -0.478 e. The van der Waals surface area contributed by atoms with Crippen molar-refractivity contribution < 1.29 is 19.0 Å². The second-order valence-electron chi connectivity index (χ2n) is 4.20. The van der Waals surface area contributed by atoms with Crippen LogP contribution < -0.4 is 4.74 Å². The predicted octanol–water partition coefficient (Wildman–Crippen LogP) is 3.55. The van der Waals surface area contributed by atoms with Crippen LogP contribution in [0.2, 0.25) is 5.02 Å². The Morgan fingerprint density at radius 3 is 2.65 bits per heavy atom. The third kappa shape index (κ3) is 3.71. The average molecular weight is 295 g/mol. The van der Waals surface area contributed by atoms with E-state index in [-0.39, 0.29) is 6.42 Å². The molecule has 1 atom stereocenters. The maximum absolute atomic E-state index is 13.5. The zero-order valence-electron chi connectivity index (χ0n) is 10.4. The summed E-state index contributed by atoms with van der Waals surface area (Å²) in [7, 11) is 0. The molecule has 2 aromatic rings. The third-order valence-corrected chi connectivity index (χ3v) is 2.95. The normalized spacial score (nSPS) is 11.9. The fraction of sp³-hybridized carbons (Fsp3) is 0.133. The van der Waals surface area contributed by atoms with Crippen molar-refractivity contribution in [1.29, 1.82) is 0 Å². The van der Waals surface area contributed by atoms with Crippen LogP contribution in [0.25, 0.3) is 0 Å². The standard InChI is InChI=1S/C15H12ClFO3/c16-11-5-3-6-12(9-11)20-14(15(18)19)8-10-4-1-2-7-13(10)17/h1-7,9,14H,8H2,(H,18,19). The molecule has 0 bridgehead atoms. The number of hydrogen-bond donors (Lipinski definition) is 1. The van der Waals surface area contributed by atoms with Gasteiger partial charge in [-0.25, -0.2) is 9.18 Å². The molecule has 0 amide bonds. The van der Waals surface area contributed by atoms with E-state index in [0.29, 0.717) is 16.3 Å². The Kier molecular flexibility index (Phi) is 4.58. The number of ether oxygens (including phenoxy) is 1. The number of carboxylic acid groups (broad SMARTS) is 1. The summed E-state index contributed by atoms with van der Waals surface area (Å²) in [5, 5.41) is 9.62. The number of carboxylic acids is 1. The molecule has 0 saturated carbocycles. The predicted molar refractivity (Wildman–Crippen MR) is 73.6 cm³/mol. The fourth-order valence-corrected chi connectivity index (χ4v) is 1.93. The van der Waals surface area contributed by atoms with Crippen LogP contribution in [0.4, 0.5) is 4.39 Å². The van der Waals surface area contributed by atoms with Gasteiger partial charge >= 0.3 is 5.97 Å². The van der Waals surface area contributed by atoms with Crippen LogP contribution in [0.5, 0.6) is 5.75 Å². The molecule has 1 unspecified atom stereocenters. The third-order valence-electron chi connectivity index (χ3n) is 2.71. The van der Waals surface area contributed by atoms with Gasteiger partial charge < -0.3 is 9.84 Å². The minimum atomic E-state index is -1.18. The summed E-state index contributed by atoms with van der Waals surface area (Å²) in [6, 6.07) is 12.4. The molecule has 0 heterocycles. The van der Waals surface area contributed by atoms with E-state index in [1.54, 1.807) is 30.3 Å². The first-order valence-electron chi connectivity index (χ1n) is 5.94. The first-order valence-corrected chi connectivity index (χ1v) is 6.32. The van der Waals surface area contributed by atoms with Gasteiger partial charge in [0.1, 0.15) is 11.6 Å². The van der Waals surface area contributed by atoms with E-state index in [1.165, 1.54) is 18.2 Å². The molecular weight excluding hydrogens is 283 g/mol. The maximum atomic E-state index is 13.5. The lowest BCUT2D eigenvalue weighted by Crippen LogP contribution is -2.29. The lowest BCUT2D eigenvalue weighted by Gasteiger charge is -2.15. The lowest BCUT2D eigenvalue weighted by molar-refractivity contribution is -0.145. The maximum Gasteiger partial charge on any atom is 0.345 e. The van der Waals surface area contributed by atoms with E-state index in [9.17, 15) is 14.3 Å². The Hall–Kier alpha value is -2.07. The monoisotopic (exact) mass is 294 g/mol. The Bertz CT molecular complexity index is 616. The SMILES string of the molecule is O=C(O)C(Cc1ccccc1F)Oc1cccc(Cl)c1. The smallest absolute Gasteiger partial charge is 0.345 e. The molecule has 20 heavy (non-hydrogen) atoms. The highest BCUT2D eigenvalue weighted by Crippen LogP contribution is 2.20. The van der Waals surface area contributed by atoms with Crippen LogP contribution in [-0.2, 0) is 11.2 Å². The molecule has 0 saturated heterocycles. The van der Waals surface area contributed by atoms with E-state index >= 15 is 0 Å². The number of aliphatic carboxylic acids is 1. The molecule has 0 aromatic heterocycles. The van der Waals surface area contributed by atoms with Crippen molar-refractivity contribution in [3.05, 3.63) is 64.9 Å². The van der Waals surface area contributed by atoms with Crippen LogP contribution in [0.3, 0.4) is 0 Å². The second kappa shape index (κ2) is 6.39. The topological polar surface area (TPSA) is 46.5 Å². The van der Waals surface area contributed by atoms with Crippen molar-refractivity contribution in [3.63, 3.8) is 0 Å². The van der Waals surface area contributed by atoms with Crippen LogP contribution in [0.15, 0.2) is 48.5 Å². The molecule has 5 heteroatoms. The average Bonchev–Trinajstić information content (AvgIpc) is 2.40. The minimum absolute atomic E-state index is 0.0610. The molecular formula is C15H12ClFO3. The van der Waals surface area contributed by atoms with Gasteiger partial charge in [-0.1, -0.05) is 35.9 Å². The molecule has 3 nitrogen and oxygen atoms in total. The molecule has 0 fully saturated rings. The fourth-order valence-electron chi connectivity index (χ4n) is 1.75. The number of halogens is 2. The van der Waals surface area contributed by atoms with E-state index in [0.717, 1.165) is 0 Å². The highest BCUT2D eigenvalue weighted by Gasteiger charge is 2.21. The summed E-state index contributed by atoms with van der Waals surface area (Å²) < 4.78 is 18.9. The van der Waals surface area contributed by atoms with Gasteiger partial charge in [0.2, 0.25) is 0 Å². The van der Waals surface area contributed by atoms with E-state index < -0.39 is 17.9 Å². The van der Waals surface area contributed by atoms with Crippen LogP contribution >= 0.6 is 11.6 Å². The molecule has 0 radical (unpaired) electrons. The molecule has 1 N–H and O–H groups in total. The van der Waals surface area contributed by atoms with Crippen molar-refractivity contribution >= 4 is 17.6 Å². The Morgan fingerprint density at radius 2 is 2.00 bits per heavy atom. The second-order valence-corrected chi connectivity index (χ2v) is 4.63. The highest BCUT2D eigenvalue weighted by molar-refractivity contribution is 6.30. The zero-order valence-corrected chi connectivity index (χ0v) is 11.2. The molecule has 104 valence electrons. The van der Waals surface area contributed by atoms with E-state index in [1.807, 2.05) is 0 Å². The Morgan fingerprint density at radius 1 is 1.25 bits per heavy atom. The van der Waals surface area contributed by atoms with Crippen LogP contribution in [-0.4, -0.2) is 17.2 Å². The van der Waals surface area contributed by atoms with Crippen molar-refractivity contribution in [3.8, 4) is 5.75 Å². The van der Waals surface area contributed by atoms with Gasteiger partial charge in [-0.15, -0.1) is 0 Å². The first-order chi connectivity index (χ1) is 9.56. The summed E-state index contributed by atoms with van der Waals surface area (Å²) in [6.45, 7) is 0. The summed E-state index contributed by atoms with van der Waals surface area (Å²) in [4.78, 5) is 11.2. The highest BCUT2D eigenvalue weighted by atomic mass is 35.5. The van der Waals surface area contributed by atoms with Crippen LogP contribution in [0.1, 0.15) is 5.56 Å². The molecule has 0 aliphatic rings. The molecule has 2 rings (SSSR count). The summed E-state index contributed by atoms with van der Waals surface area (Å²) in [5.41, 5.74) is 0.293. The Labute approximate surface area is 120 Å². The largest absolute Gasteiger partial charge is 0.478 e. The zero-order chi connectivity index (χ0) is 14.5. The quantitative estimate of drug-likeness (QED) is 0.917. The van der Waals surface area contributed by atoms with Crippen molar-refractivity contribution in [2.24, 2.45) is 0 Å². The van der Waals surface area contributed by atoms with Gasteiger partial charge in [0.15, 0.2) is 6.10 Å². The van der Waals surface area contributed by atoms with Gasteiger partial charge in [0, 0.05) is 11.4 Å². The van der Waals surface area contributed by atoms with Crippen LogP contribution in [0, 0.1) is 5.82 Å². The van der Waals surface area contributed by atoms with Gasteiger partial charge in [0.25, 0.3) is 0 Å². The molecule has 0 aliphatic carbocycles. The van der Waals surface area contributed by atoms with E-state index in [2.05, 4.69) is 0 Å². The summed E-state index contributed by atoms with van der Waals surface area (Å²) in [6.07, 6.45) is -1.24. The first kappa shape index (κ1) is 14.3. The summed E-state index contributed by atoms with van der Waals surface area (Å²) in [5.74, 6) is -1.28. The number of carbonyl (C=O) groups is 1. The van der Waals surface area contributed by atoms with Crippen molar-refractivity contribution in [1.82, 2.24) is 0 Å². The van der Waals surface area contributed by atoms with Gasteiger partial charge in [-0.3, -0.25) is 0 Å². The number of benzene rings is 2. The number of hydrogen-bond acceptors (Lipinski definition) is 2. The van der Waals surface area contributed by atoms with Gasteiger partial charge in [0.05, 0.1) is 0 Å². The lowest BCUT2D eigenvalue weighted by atomic mass is 10.1. The molecule has 2 aromatic carbocycles.